The lowest BCUT2D eigenvalue weighted by atomic mass is 10.0. The van der Waals surface area contributed by atoms with E-state index in [1.807, 2.05) is 13.8 Å². The molecule has 0 amide bonds. The van der Waals surface area contributed by atoms with Crippen LogP contribution in [0.4, 0.5) is 5.95 Å². The number of anilines is 1. The van der Waals surface area contributed by atoms with Crippen LogP contribution >= 0.6 is 0 Å². The molecule has 182 valence electrons. The topological polar surface area (TPSA) is 165 Å². The van der Waals surface area contributed by atoms with Gasteiger partial charge in [0.2, 0.25) is 5.95 Å². The molecule has 2 aromatic rings. The number of aromatic nitrogens is 4. The van der Waals surface area contributed by atoms with Gasteiger partial charge in [-0.2, -0.15) is 4.98 Å². The van der Waals surface area contributed by atoms with Crippen LogP contribution in [-0.2, 0) is 30.4 Å². The molecule has 0 spiro atoms. The van der Waals surface area contributed by atoms with Gasteiger partial charge in [-0.15, -0.1) is 0 Å². The Balaban J connectivity index is 1.99. The van der Waals surface area contributed by atoms with Crippen LogP contribution in [0.2, 0.25) is 0 Å². The predicted octanol–water partition coefficient (Wildman–Crippen LogP) is 1.63. The summed E-state index contributed by atoms with van der Waals surface area (Å²) in [6, 6.07) is -0.676. The van der Waals surface area contributed by atoms with Gasteiger partial charge in [0.25, 0.3) is 0 Å². The molecule has 0 bridgehead atoms. The van der Waals surface area contributed by atoms with Gasteiger partial charge >= 0.3 is 11.9 Å². The van der Waals surface area contributed by atoms with E-state index < -0.39 is 12.0 Å². The maximum Gasteiger partial charge on any atom is 0.323 e. The highest BCUT2D eigenvalue weighted by Crippen LogP contribution is 2.16. The summed E-state index contributed by atoms with van der Waals surface area (Å²) in [4.78, 5) is 47.7. The van der Waals surface area contributed by atoms with Gasteiger partial charge in [0.1, 0.15) is 17.3 Å². The molecule has 0 aliphatic rings. The molecule has 0 aliphatic heterocycles. The summed E-state index contributed by atoms with van der Waals surface area (Å²) >= 11 is 0. The van der Waals surface area contributed by atoms with E-state index in [1.165, 1.54) is 13.1 Å². The van der Waals surface area contributed by atoms with Crippen LogP contribution < -0.4 is 11.5 Å². The zero-order valence-electron chi connectivity index (χ0n) is 19.5. The molecule has 11 nitrogen and oxygen atoms in total. The van der Waals surface area contributed by atoms with Crippen molar-refractivity contribution >= 4 is 34.8 Å². The monoisotopic (exact) mass is 462 g/mol. The van der Waals surface area contributed by atoms with Crippen molar-refractivity contribution in [1.82, 2.24) is 19.5 Å². The molecule has 11 heteroatoms. The fourth-order valence-electron chi connectivity index (χ4n) is 3.18. The Morgan fingerprint density at radius 2 is 1.94 bits per heavy atom. The van der Waals surface area contributed by atoms with Crippen LogP contribution in [0.25, 0.3) is 11.2 Å². The van der Waals surface area contributed by atoms with Gasteiger partial charge in [0, 0.05) is 25.3 Å². The van der Waals surface area contributed by atoms with Crippen molar-refractivity contribution in [3.63, 3.8) is 0 Å². The fourth-order valence-corrected chi connectivity index (χ4v) is 3.18. The number of carbonyl (C=O) groups is 3. The highest BCUT2D eigenvalue weighted by molar-refractivity contribution is 5.76. The number of fused-ring (bicyclic) bond motifs is 1. The molecule has 2 aromatic heterocycles. The van der Waals surface area contributed by atoms with Crippen LogP contribution in [0.1, 0.15) is 52.9 Å². The quantitative estimate of drug-likeness (QED) is 0.394. The second kappa shape index (κ2) is 12.8. The summed E-state index contributed by atoms with van der Waals surface area (Å²) < 4.78 is 12.6. The third-order valence-electron chi connectivity index (χ3n) is 5.52. The zero-order valence-corrected chi connectivity index (χ0v) is 19.5. The molecule has 0 aliphatic carbocycles. The van der Waals surface area contributed by atoms with Crippen molar-refractivity contribution in [3.8, 4) is 0 Å². The van der Waals surface area contributed by atoms with E-state index in [9.17, 15) is 14.4 Å². The average molecular weight is 463 g/mol. The SMILES string of the molecule is CCC(C)[C@H](N)C(=O)OCC[C@@H](COC(=O)CCCC(C)=O)Cn1cnc2cnc(N)nc21. The van der Waals surface area contributed by atoms with Crippen molar-refractivity contribution in [2.24, 2.45) is 17.6 Å². The van der Waals surface area contributed by atoms with Crippen LogP contribution in [0.15, 0.2) is 12.5 Å². The number of nitrogens with two attached hydrogens (primary N) is 2. The van der Waals surface area contributed by atoms with E-state index >= 15 is 0 Å². The van der Waals surface area contributed by atoms with Gasteiger partial charge in [-0.1, -0.05) is 20.3 Å². The van der Waals surface area contributed by atoms with Gasteiger partial charge in [-0.3, -0.25) is 9.59 Å². The molecule has 0 fully saturated rings. The minimum atomic E-state index is -0.676. The minimum Gasteiger partial charge on any atom is -0.465 e. The molecule has 2 rings (SSSR count). The number of ether oxygens (including phenoxy) is 2. The first-order valence-corrected chi connectivity index (χ1v) is 11.2. The van der Waals surface area contributed by atoms with Gasteiger partial charge in [-0.05, 0) is 25.7 Å². The number of hydrogen-bond acceptors (Lipinski definition) is 10. The van der Waals surface area contributed by atoms with Crippen LogP contribution in [-0.4, -0.2) is 56.5 Å². The Hall–Kier alpha value is -3.08. The molecule has 2 heterocycles. The molecule has 0 saturated carbocycles. The number of rotatable bonds is 14. The molecule has 0 radical (unpaired) electrons. The Bertz CT molecular complexity index is 946. The first-order valence-electron chi connectivity index (χ1n) is 11.2. The van der Waals surface area contributed by atoms with Crippen molar-refractivity contribution in [2.45, 2.75) is 65.5 Å². The number of nitrogens with zero attached hydrogens (tertiary/aromatic N) is 4. The molecule has 33 heavy (non-hydrogen) atoms. The number of esters is 2. The van der Waals surface area contributed by atoms with Gasteiger partial charge in [0.05, 0.1) is 25.7 Å². The van der Waals surface area contributed by atoms with Crippen molar-refractivity contribution < 1.29 is 23.9 Å². The van der Waals surface area contributed by atoms with E-state index in [0.717, 1.165) is 6.42 Å². The van der Waals surface area contributed by atoms with Gasteiger partial charge in [0.15, 0.2) is 5.65 Å². The highest BCUT2D eigenvalue weighted by Gasteiger charge is 2.22. The molecular formula is C22H34N6O5. The van der Waals surface area contributed by atoms with Crippen LogP contribution in [0.5, 0.6) is 0 Å². The Kier molecular flexibility index (Phi) is 10.2. The maximum absolute atomic E-state index is 12.2. The lowest BCUT2D eigenvalue weighted by molar-refractivity contribution is -0.149. The Labute approximate surface area is 193 Å². The maximum atomic E-state index is 12.2. The van der Waals surface area contributed by atoms with Gasteiger partial charge < -0.3 is 30.3 Å². The largest absolute Gasteiger partial charge is 0.465 e. The standard InChI is InChI=1S/C22H34N6O5/c1-4-14(2)19(23)21(31)32-9-8-16(12-33-18(30)7-5-6-15(3)29)11-28-13-26-17-10-25-22(24)27-20(17)28/h10,13-14,16,19H,4-9,11-12,23H2,1-3H3,(H2,24,25,27)/t14?,16-,19+/m1/s1. The number of nitrogen functional groups attached to an aromatic ring is 1. The first kappa shape index (κ1) is 26.2. The highest BCUT2D eigenvalue weighted by atomic mass is 16.5. The minimum absolute atomic E-state index is 0.0201. The van der Waals surface area contributed by atoms with E-state index in [4.69, 9.17) is 20.9 Å². The van der Waals surface area contributed by atoms with E-state index in [2.05, 4.69) is 15.0 Å². The number of imidazole rings is 1. The first-order chi connectivity index (χ1) is 15.7. The second-order valence-corrected chi connectivity index (χ2v) is 8.31. The van der Waals surface area contributed by atoms with Crippen LogP contribution in [0.3, 0.4) is 0 Å². The second-order valence-electron chi connectivity index (χ2n) is 8.31. The van der Waals surface area contributed by atoms with Crippen molar-refractivity contribution in [1.29, 1.82) is 0 Å². The summed E-state index contributed by atoms with van der Waals surface area (Å²) in [6.07, 6.45) is 5.33. The van der Waals surface area contributed by atoms with Crippen molar-refractivity contribution in [2.75, 3.05) is 18.9 Å². The summed E-state index contributed by atoms with van der Waals surface area (Å²) in [5, 5.41) is 0. The van der Waals surface area contributed by atoms with E-state index in [0.29, 0.717) is 37.0 Å². The molecule has 0 saturated heterocycles. The molecule has 0 aromatic carbocycles. The summed E-state index contributed by atoms with van der Waals surface area (Å²) in [6.45, 7) is 6.03. The fraction of sp³-hybridized carbons (Fsp3) is 0.636. The third-order valence-corrected chi connectivity index (χ3v) is 5.52. The van der Waals surface area contributed by atoms with E-state index in [1.54, 1.807) is 10.9 Å². The van der Waals surface area contributed by atoms with Crippen molar-refractivity contribution in [3.05, 3.63) is 12.5 Å². The Morgan fingerprint density at radius 3 is 2.64 bits per heavy atom. The zero-order chi connectivity index (χ0) is 24.4. The lowest BCUT2D eigenvalue weighted by Gasteiger charge is -2.20. The molecule has 1 unspecified atom stereocenters. The summed E-state index contributed by atoms with van der Waals surface area (Å²) in [5.74, 6) is -0.816. The van der Waals surface area contributed by atoms with E-state index in [-0.39, 0.29) is 49.2 Å². The number of Topliss-reactive ketones (excluding diaryl/α,β-unsaturated/α-hetero) is 1. The summed E-state index contributed by atoms with van der Waals surface area (Å²) in [5.41, 5.74) is 12.8. The molecule has 3 atom stereocenters. The molecule has 4 N–H and O–H groups in total. The number of ketones is 1. The number of hydrogen-bond donors (Lipinski definition) is 2. The smallest absolute Gasteiger partial charge is 0.323 e. The normalized spacial score (nSPS) is 13.9. The molecular weight excluding hydrogens is 428 g/mol. The number of carbonyl (C=O) groups excluding carboxylic acids is 3. The van der Waals surface area contributed by atoms with Crippen LogP contribution in [0, 0.1) is 11.8 Å². The third kappa shape index (κ3) is 8.41. The average Bonchev–Trinajstić information content (AvgIpc) is 3.17. The predicted molar refractivity (Wildman–Crippen MR) is 122 cm³/mol. The Morgan fingerprint density at radius 1 is 1.18 bits per heavy atom. The summed E-state index contributed by atoms with van der Waals surface area (Å²) in [7, 11) is 0. The lowest BCUT2D eigenvalue weighted by Crippen LogP contribution is -2.38. The van der Waals surface area contributed by atoms with Gasteiger partial charge in [-0.25, -0.2) is 9.97 Å².